The van der Waals surface area contributed by atoms with Crippen LogP contribution in [-0.2, 0) is 13.1 Å². The quantitative estimate of drug-likeness (QED) is 0.783. The van der Waals surface area contributed by atoms with Gasteiger partial charge in [-0.3, -0.25) is 4.90 Å². The molecule has 0 radical (unpaired) electrons. The molecule has 2 heteroatoms. The molecule has 0 aliphatic heterocycles. The van der Waals surface area contributed by atoms with Crippen LogP contribution in [0.5, 0.6) is 0 Å². The highest BCUT2D eigenvalue weighted by atomic mass is 15.1. The zero-order valence-corrected chi connectivity index (χ0v) is 8.74. The Morgan fingerprint density at radius 3 is 2.29 bits per heavy atom. The number of hydrogen-bond donors (Lipinski definition) is 1. The van der Waals surface area contributed by atoms with Crippen molar-refractivity contribution in [2.24, 2.45) is 5.73 Å². The molecule has 14 heavy (non-hydrogen) atoms. The summed E-state index contributed by atoms with van der Waals surface area (Å²) in [5, 5.41) is 0. The van der Waals surface area contributed by atoms with Crippen LogP contribution in [0, 0.1) is 0 Å². The van der Waals surface area contributed by atoms with Crippen LogP contribution in [0.25, 0.3) is 0 Å². The molecule has 0 heterocycles. The van der Waals surface area contributed by atoms with Crippen LogP contribution in [0.3, 0.4) is 0 Å². The maximum Gasteiger partial charge on any atom is 0.0233 e. The van der Waals surface area contributed by atoms with Crippen LogP contribution in [0.2, 0.25) is 0 Å². The molecule has 1 saturated carbocycles. The van der Waals surface area contributed by atoms with Crippen molar-refractivity contribution in [3.8, 4) is 0 Å². The van der Waals surface area contributed by atoms with Gasteiger partial charge in [0, 0.05) is 19.1 Å². The largest absolute Gasteiger partial charge is 0.326 e. The summed E-state index contributed by atoms with van der Waals surface area (Å²) >= 11 is 0. The Labute approximate surface area is 85.7 Å². The van der Waals surface area contributed by atoms with Crippen LogP contribution in [-0.4, -0.2) is 18.0 Å². The summed E-state index contributed by atoms with van der Waals surface area (Å²) in [6, 6.07) is 9.44. The minimum atomic E-state index is 0.638. The predicted molar refractivity (Wildman–Crippen MR) is 58.8 cm³/mol. The van der Waals surface area contributed by atoms with Crippen molar-refractivity contribution < 1.29 is 0 Å². The van der Waals surface area contributed by atoms with Crippen LogP contribution in [0.4, 0.5) is 0 Å². The third-order valence-electron chi connectivity index (χ3n) is 2.86. The van der Waals surface area contributed by atoms with E-state index in [0.717, 1.165) is 12.6 Å². The van der Waals surface area contributed by atoms with E-state index in [2.05, 4.69) is 36.2 Å². The molecule has 0 amide bonds. The normalized spacial score (nSPS) is 16.2. The third-order valence-corrected chi connectivity index (χ3v) is 2.86. The van der Waals surface area contributed by atoms with Gasteiger partial charge in [-0.2, -0.15) is 0 Å². The Morgan fingerprint density at radius 2 is 1.79 bits per heavy atom. The molecule has 2 rings (SSSR count). The van der Waals surface area contributed by atoms with Gasteiger partial charge in [-0.1, -0.05) is 24.3 Å². The van der Waals surface area contributed by atoms with E-state index < -0.39 is 0 Å². The van der Waals surface area contributed by atoms with E-state index in [1.807, 2.05) is 0 Å². The molecule has 0 saturated heterocycles. The lowest BCUT2D eigenvalue weighted by atomic mass is 10.1. The molecular formula is C12H18N2. The average molecular weight is 190 g/mol. The van der Waals surface area contributed by atoms with Crippen LogP contribution >= 0.6 is 0 Å². The van der Waals surface area contributed by atoms with Crippen molar-refractivity contribution in [1.82, 2.24) is 4.90 Å². The van der Waals surface area contributed by atoms with E-state index >= 15 is 0 Å². The van der Waals surface area contributed by atoms with Gasteiger partial charge in [0.15, 0.2) is 0 Å². The molecule has 0 atom stereocenters. The molecule has 76 valence electrons. The highest BCUT2D eigenvalue weighted by Crippen LogP contribution is 2.26. The zero-order valence-electron chi connectivity index (χ0n) is 8.74. The van der Waals surface area contributed by atoms with Gasteiger partial charge in [0.05, 0.1) is 0 Å². The second kappa shape index (κ2) is 4.11. The molecule has 0 unspecified atom stereocenters. The lowest BCUT2D eigenvalue weighted by molar-refractivity contribution is 0.316. The lowest BCUT2D eigenvalue weighted by Gasteiger charge is -2.15. The molecule has 0 aromatic heterocycles. The third kappa shape index (κ3) is 2.34. The first kappa shape index (κ1) is 9.69. The Morgan fingerprint density at radius 1 is 1.21 bits per heavy atom. The predicted octanol–water partition coefficient (Wildman–Crippen LogP) is 1.74. The maximum absolute atomic E-state index is 5.55. The summed E-state index contributed by atoms with van der Waals surface area (Å²) in [5.74, 6) is 0. The van der Waals surface area contributed by atoms with Crippen LogP contribution in [0.15, 0.2) is 24.3 Å². The highest BCUT2D eigenvalue weighted by molar-refractivity contribution is 5.22. The van der Waals surface area contributed by atoms with Crippen molar-refractivity contribution in [2.45, 2.75) is 32.0 Å². The van der Waals surface area contributed by atoms with E-state index in [1.165, 1.54) is 24.0 Å². The Hall–Kier alpha value is -0.860. The summed E-state index contributed by atoms with van der Waals surface area (Å²) in [7, 11) is 2.20. The number of nitrogens with zero attached hydrogens (tertiary/aromatic N) is 1. The van der Waals surface area contributed by atoms with Crippen molar-refractivity contribution in [2.75, 3.05) is 7.05 Å². The van der Waals surface area contributed by atoms with Gasteiger partial charge in [0.25, 0.3) is 0 Å². The standard InChI is InChI=1S/C12H18N2/c1-14(12-6-7-12)9-11-4-2-10(8-13)3-5-11/h2-5,12H,6-9,13H2,1H3. The SMILES string of the molecule is CN(Cc1ccc(CN)cc1)C1CC1. The number of rotatable bonds is 4. The summed E-state index contributed by atoms with van der Waals surface area (Å²) in [6.07, 6.45) is 2.74. The molecule has 1 fully saturated rings. The molecule has 1 aromatic carbocycles. The fourth-order valence-corrected chi connectivity index (χ4v) is 1.71. The van der Waals surface area contributed by atoms with E-state index in [9.17, 15) is 0 Å². The fourth-order valence-electron chi connectivity index (χ4n) is 1.71. The summed E-state index contributed by atoms with van der Waals surface area (Å²) in [6.45, 7) is 1.70. The zero-order chi connectivity index (χ0) is 9.97. The topological polar surface area (TPSA) is 29.3 Å². The first-order valence-electron chi connectivity index (χ1n) is 5.27. The van der Waals surface area contributed by atoms with Gasteiger partial charge in [-0.05, 0) is 31.0 Å². The lowest BCUT2D eigenvalue weighted by Crippen LogP contribution is -2.19. The monoisotopic (exact) mass is 190 g/mol. The summed E-state index contributed by atoms with van der Waals surface area (Å²) in [4.78, 5) is 2.43. The minimum absolute atomic E-state index is 0.638. The van der Waals surface area contributed by atoms with Gasteiger partial charge in [-0.15, -0.1) is 0 Å². The van der Waals surface area contributed by atoms with Gasteiger partial charge in [0.2, 0.25) is 0 Å². The first-order chi connectivity index (χ1) is 6.79. The van der Waals surface area contributed by atoms with Gasteiger partial charge < -0.3 is 5.73 Å². The molecule has 1 aliphatic carbocycles. The molecule has 0 bridgehead atoms. The second-order valence-corrected chi connectivity index (χ2v) is 4.17. The van der Waals surface area contributed by atoms with Gasteiger partial charge in [-0.25, -0.2) is 0 Å². The van der Waals surface area contributed by atoms with Gasteiger partial charge in [0.1, 0.15) is 0 Å². The average Bonchev–Trinajstić information content (AvgIpc) is 3.02. The number of nitrogens with two attached hydrogens (primary N) is 1. The number of hydrogen-bond acceptors (Lipinski definition) is 2. The second-order valence-electron chi connectivity index (χ2n) is 4.17. The van der Waals surface area contributed by atoms with E-state index in [0.29, 0.717) is 6.54 Å². The molecule has 2 N–H and O–H groups in total. The smallest absolute Gasteiger partial charge is 0.0233 e. The fraction of sp³-hybridized carbons (Fsp3) is 0.500. The molecule has 1 aliphatic rings. The maximum atomic E-state index is 5.55. The van der Waals surface area contributed by atoms with Gasteiger partial charge >= 0.3 is 0 Å². The molecule has 2 nitrogen and oxygen atoms in total. The van der Waals surface area contributed by atoms with Crippen molar-refractivity contribution in [3.63, 3.8) is 0 Å². The highest BCUT2D eigenvalue weighted by Gasteiger charge is 2.25. The summed E-state index contributed by atoms with van der Waals surface area (Å²) in [5.41, 5.74) is 8.15. The minimum Gasteiger partial charge on any atom is -0.326 e. The first-order valence-corrected chi connectivity index (χ1v) is 5.27. The Bertz CT molecular complexity index is 288. The molecule has 1 aromatic rings. The molecule has 0 spiro atoms. The molecular weight excluding hydrogens is 172 g/mol. The number of benzene rings is 1. The van der Waals surface area contributed by atoms with E-state index in [-0.39, 0.29) is 0 Å². The van der Waals surface area contributed by atoms with Crippen molar-refractivity contribution in [1.29, 1.82) is 0 Å². The van der Waals surface area contributed by atoms with E-state index in [4.69, 9.17) is 5.73 Å². The van der Waals surface area contributed by atoms with Crippen molar-refractivity contribution >= 4 is 0 Å². The van der Waals surface area contributed by atoms with E-state index in [1.54, 1.807) is 0 Å². The van der Waals surface area contributed by atoms with Crippen molar-refractivity contribution in [3.05, 3.63) is 35.4 Å². The Kier molecular flexibility index (Phi) is 2.85. The summed E-state index contributed by atoms with van der Waals surface area (Å²) < 4.78 is 0. The van der Waals surface area contributed by atoms with Crippen LogP contribution in [0.1, 0.15) is 24.0 Å². The van der Waals surface area contributed by atoms with Crippen LogP contribution < -0.4 is 5.73 Å². The Balaban J connectivity index is 1.95.